The molecule has 0 radical (unpaired) electrons. The van der Waals surface area contributed by atoms with Crippen LogP contribution >= 0.6 is 0 Å². The Hall–Kier alpha value is -3.27. The molecule has 0 atom stereocenters. The second-order valence-electron chi connectivity index (χ2n) is 7.39. The number of hydrogen-bond acceptors (Lipinski definition) is 5. The Bertz CT molecular complexity index is 956. The summed E-state index contributed by atoms with van der Waals surface area (Å²) in [5.74, 6) is -0.271. The van der Waals surface area contributed by atoms with Crippen LogP contribution in [0.5, 0.6) is 11.5 Å². The summed E-state index contributed by atoms with van der Waals surface area (Å²) in [4.78, 5) is 29.4. The predicted molar refractivity (Wildman–Crippen MR) is 112 cm³/mol. The van der Waals surface area contributed by atoms with Crippen molar-refractivity contribution in [2.75, 3.05) is 52.3 Å². The first-order valence-electron chi connectivity index (χ1n) is 9.93. The van der Waals surface area contributed by atoms with Crippen LogP contribution in [0.1, 0.15) is 20.7 Å². The lowest BCUT2D eigenvalue weighted by atomic mass is 10.1. The molecule has 0 aliphatic carbocycles. The van der Waals surface area contributed by atoms with E-state index in [0.717, 1.165) is 13.1 Å². The predicted octanol–water partition coefficient (Wildman–Crippen LogP) is 3.28. The number of halogens is 3. The van der Waals surface area contributed by atoms with E-state index in [2.05, 4.69) is 15.0 Å². The van der Waals surface area contributed by atoms with Crippen LogP contribution in [-0.2, 0) is 0 Å². The molecule has 32 heavy (non-hydrogen) atoms. The average molecular weight is 451 g/mol. The van der Waals surface area contributed by atoms with Gasteiger partial charge < -0.3 is 24.6 Å². The van der Waals surface area contributed by atoms with Gasteiger partial charge in [0.2, 0.25) is 0 Å². The highest BCUT2D eigenvalue weighted by Crippen LogP contribution is 2.27. The van der Waals surface area contributed by atoms with Crippen LogP contribution in [0.3, 0.4) is 0 Å². The van der Waals surface area contributed by atoms with Crippen LogP contribution in [0.2, 0.25) is 0 Å². The van der Waals surface area contributed by atoms with E-state index in [1.807, 2.05) is 7.05 Å². The lowest BCUT2D eigenvalue weighted by Gasteiger charge is -2.32. The largest absolute Gasteiger partial charge is 0.495 e. The number of alkyl halides is 3. The number of nitrogens with zero attached hydrogens (tertiary/aromatic N) is 2. The molecule has 0 unspecified atom stereocenters. The highest BCUT2D eigenvalue weighted by Gasteiger charge is 2.28. The van der Waals surface area contributed by atoms with E-state index >= 15 is 0 Å². The van der Waals surface area contributed by atoms with Gasteiger partial charge in [-0.3, -0.25) is 9.59 Å². The van der Waals surface area contributed by atoms with Crippen molar-refractivity contribution in [1.82, 2.24) is 9.80 Å². The molecule has 2 aromatic carbocycles. The first kappa shape index (κ1) is 23.4. The summed E-state index contributed by atoms with van der Waals surface area (Å²) in [6.07, 6.45) is -4.45. The number of rotatable bonds is 6. The molecule has 0 spiro atoms. The van der Waals surface area contributed by atoms with Crippen LogP contribution in [0, 0.1) is 0 Å². The van der Waals surface area contributed by atoms with Crippen LogP contribution in [0.25, 0.3) is 0 Å². The summed E-state index contributed by atoms with van der Waals surface area (Å²) in [6, 6.07) is 10.1. The van der Waals surface area contributed by atoms with Gasteiger partial charge in [0.25, 0.3) is 11.8 Å². The molecule has 0 saturated carbocycles. The molecule has 1 heterocycles. The number of ether oxygens (including phenoxy) is 2. The molecule has 10 heteroatoms. The van der Waals surface area contributed by atoms with Crippen LogP contribution in [-0.4, -0.2) is 74.7 Å². The van der Waals surface area contributed by atoms with Crippen molar-refractivity contribution in [3.05, 3.63) is 53.6 Å². The number of benzene rings is 2. The molecular weight excluding hydrogens is 427 g/mol. The first-order valence-corrected chi connectivity index (χ1v) is 9.93. The van der Waals surface area contributed by atoms with E-state index in [1.165, 1.54) is 31.4 Å². The Balaban J connectivity index is 1.71. The van der Waals surface area contributed by atoms with E-state index < -0.39 is 18.7 Å². The van der Waals surface area contributed by atoms with Gasteiger partial charge in [-0.2, -0.15) is 13.2 Å². The summed E-state index contributed by atoms with van der Waals surface area (Å²) in [7, 11) is 3.44. The van der Waals surface area contributed by atoms with Gasteiger partial charge in [-0.15, -0.1) is 0 Å². The number of carbonyl (C=O) groups is 2. The zero-order valence-corrected chi connectivity index (χ0v) is 17.7. The molecule has 1 N–H and O–H groups in total. The number of carbonyl (C=O) groups excluding carboxylic acids is 2. The van der Waals surface area contributed by atoms with Gasteiger partial charge in [-0.05, 0) is 49.5 Å². The topological polar surface area (TPSA) is 71.1 Å². The molecule has 2 amide bonds. The fourth-order valence-electron chi connectivity index (χ4n) is 3.19. The van der Waals surface area contributed by atoms with Crippen molar-refractivity contribution in [2.24, 2.45) is 0 Å². The standard InChI is InChI=1S/C22H24F3N3O4/c1-27-9-11-28(12-10-27)21(30)16-5-8-19(31-2)18(13-16)26-20(29)15-3-6-17(7-4-15)32-14-22(23,24)25/h3-8,13H,9-12,14H2,1-2H3,(H,26,29). The van der Waals surface area contributed by atoms with Gasteiger partial charge in [0.1, 0.15) is 11.5 Å². The fraction of sp³-hybridized carbons (Fsp3) is 0.364. The molecule has 3 rings (SSSR count). The summed E-state index contributed by atoms with van der Waals surface area (Å²) in [5, 5.41) is 2.69. The molecule has 2 aromatic rings. The smallest absolute Gasteiger partial charge is 0.422 e. The maximum Gasteiger partial charge on any atom is 0.422 e. The maximum absolute atomic E-state index is 12.8. The number of amides is 2. The summed E-state index contributed by atoms with van der Waals surface area (Å²) in [6.45, 7) is 1.39. The highest BCUT2D eigenvalue weighted by molar-refractivity contribution is 6.06. The zero-order valence-electron chi connectivity index (χ0n) is 17.7. The number of methoxy groups -OCH3 is 1. The van der Waals surface area contributed by atoms with E-state index in [-0.39, 0.29) is 17.2 Å². The van der Waals surface area contributed by atoms with Crippen LogP contribution in [0.15, 0.2) is 42.5 Å². The Labute approximate surface area is 183 Å². The molecular formula is C22H24F3N3O4. The quantitative estimate of drug-likeness (QED) is 0.730. The Morgan fingerprint density at radius 2 is 1.62 bits per heavy atom. The maximum atomic E-state index is 12.8. The molecule has 1 fully saturated rings. The molecule has 0 aromatic heterocycles. The lowest BCUT2D eigenvalue weighted by molar-refractivity contribution is -0.153. The van der Waals surface area contributed by atoms with E-state index in [0.29, 0.717) is 30.1 Å². The molecule has 0 bridgehead atoms. The van der Waals surface area contributed by atoms with Gasteiger partial charge in [-0.25, -0.2) is 0 Å². The minimum Gasteiger partial charge on any atom is -0.495 e. The fourth-order valence-corrected chi connectivity index (χ4v) is 3.19. The third kappa shape index (κ3) is 6.13. The van der Waals surface area contributed by atoms with Crippen molar-refractivity contribution in [3.63, 3.8) is 0 Å². The van der Waals surface area contributed by atoms with E-state index in [4.69, 9.17) is 4.74 Å². The summed E-state index contributed by atoms with van der Waals surface area (Å²) >= 11 is 0. The number of anilines is 1. The summed E-state index contributed by atoms with van der Waals surface area (Å²) < 4.78 is 46.7. The molecule has 7 nitrogen and oxygen atoms in total. The first-order chi connectivity index (χ1) is 15.2. The zero-order chi connectivity index (χ0) is 23.3. The molecule has 1 aliphatic rings. The Kier molecular flexibility index (Phi) is 7.24. The lowest BCUT2D eigenvalue weighted by Crippen LogP contribution is -2.47. The normalized spacial score (nSPS) is 14.7. The minimum atomic E-state index is -4.45. The number of piperazine rings is 1. The van der Waals surface area contributed by atoms with Crippen molar-refractivity contribution < 1.29 is 32.2 Å². The Morgan fingerprint density at radius 1 is 1.00 bits per heavy atom. The molecule has 1 saturated heterocycles. The molecule has 1 aliphatic heterocycles. The second kappa shape index (κ2) is 9.90. The summed E-state index contributed by atoms with van der Waals surface area (Å²) in [5.41, 5.74) is 0.943. The van der Waals surface area contributed by atoms with Crippen molar-refractivity contribution in [2.45, 2.75) is 6.18 Å². The van der Waals surface area contributed by atoms with Gasteiger partial charge in [0.15, 0.2) is 6.61 Å². The monoisotopic (exact) mass is 451 g/mol. The SMILES string of the molecule is COc1ccc(C(=O)N2CCN(C)CC2)cc1NC(=O)c1ccc(OCC(F)(F)F)cc1. The second-order valence-corrected chi connectivity index (χ2v) is 7.39. The van der Waals surface area contributed by atoms with Crippen LogP contribution < -0.4 is 14.8 Å². The minimum absolute atomic E-state index is 0.00349. The number of nitrogens with one attached hydrogen (secondary N) is 1. The van der Waals surface area contributed by atoms with Gasteiger partial charge in [0, 0.05) is 37.3 Å². The number of likely N-dealkylation sites (N-methyl/N-ethyl adjacent to an activating group) is 1. The van der Waals surface area contributed by atoms with Crippen molar-refractivity contribution in [1.29, 1.82) is 0 Å². The van der Waals surface area contributed by atoms with E-state index in [1.54, 1.807) is 23.1 Å². The highest BCUT2D eigenvalue weighted by atomic mass is 19.4. The van der Waals surface area contributed by atoms with Crippen molar-refractivity contribution >= 4 is 17.5 Å². The van der Waals surface area contributed by atoms with Crippen molar-refractivity contribution in [3.8, 4) is 11.5 Å². The number of hydrogen-bond donors (Lipinski definition) is 1. The van der Waals surface area contributed by atoms with Crippen LogP contribution in [0.4, 0.5) is 18.9 Å². The van der Waals surface area contributed by atoms with Gasteiger partial charge in [0.05, 0.1) is 12.8 Å². The third-order valence-corrected chi connectivity index (χ3v) is 5.00. The Morgan fingerprint density at radius 3 is 2.22 bits per heavy atom. The third-order valence-electron chi connectivity index (χ3n) is 5.00. The van der Waals surface area contributed by atoms with Gasteiger partial charge >= 0.3 is 6.18 Å². The molecule has 172 valence electrons. The average Bonchev–Trinajstić information content (AvgIpc) is 2.77. The van der Waals surface area contributed by atoms with E-state index in [9.17, 15) is 22.8 Å². The van der Waals surface area contributed by atoms with Gasteiger partial charge in [-0.1, -0.05) is 0 Å².